The van der Waals surface area contributed by atoms with Gasteiger partial charge in [-0.25, -0.2) is 13.2 Å². The lowest BCUT2D eigenvalue weighted by molar-refractivity contribution is 0.433. The van der Waals surface area contributed by atoms with Gasteiger partial charge in [0.05, 0.1) is 6.04 Å². The van der Waals surface area contributed by atoms with Crippen LogP contribution in [0.1, 0.15) is 29.7 Å². The molecule has 0 amide bonds. The molecule has 0 saturated carbocycles. The van der Waals surface area contributed by atoms with Gasteiger partial charge in [-0.05, 0) is 36.7 Å². The highest BCUT2D eigenvalue weighted by atomic mass is 35.5. The zero-order chi connectivity index (χ0) is 15.6. The fourth-order valence-corrected chi connectivity index (χ4v) is 2.34. The van der Waals surface area contributed by atoms with Crippen molar-refractivity contribution >= 4 is 11.6 Å². The molecule has 0 spiro atoms. The van der Waals surface area contributed by atoms with Crippen LogP contribution in [0.2, 0.25) is 5.02 Å². The molecule has 1 unspecified atom stereocenters. The molecule has 0 aliphatic heterocycles. The second-order valence-corrected chi connectivity index (χ2v) is 5.17. The lowest BCUT2D eigenvalue weighted by Gasteiger charge is -2.20. The van der Waals surface area contributed by atoms with Crippen molar-refractivity contribution < 1.29 is 13.2 Å². The van der Waals surface area contributed by atoms with Crippen molar-refractivity contribution in [2.24, 2.45) is 0 Å². The lowest BCUT2D eigenvalue weighted by atomic mass is 9.96. The van der Waals surface area contributed by atoms with Gasteiger partial charge in [-0.3, -0.25) is 0 Å². The van der Waals surface area contributed by atoms with Crippen molar-refractivity contribution in [3.05, 3.63) is 69.5 Å². The van der Waals surface area contributed by atoms with Crippen LogP contribution in [0.4, 0.5) is 13.2 Å². The standard InChI is InChI=1S/C16H15ClF3N/c1-3-21-16(10-4-6-12(17)9(2)8-10)11-5-7-13(18)15(20)14(11)19/h4-8,16,21H,3H2,1-2H3. The SMILES string of the molecule is CCNC(c1ccc(Cl)c(C)c1)c1ccc(F)c(F)c1F. The summed E-state index contributed by atoms with van der Waals surface area (Å²) in [6.45, 7) is 4.23. The molecule has 0 saturated heterocycles. The fourth-order valence-electron chi connectivity index (χ4n) is 2.22. The van der Waals surface area contributed by atoms with E-state index in [9.17, 15) is 13.2 Å². The van der Waals surface area contributed by atoms with Gasteiger partial charge in [-0.15, -0.1) is 0 Å². The molecule has 0 aromatic heterocycles. The lowest BCUT2D eigenvalue weighted by Crippen LogP contribution is -2.23. The normalized spacial score (nSPS) is 12.5. The van der Waals surface area contributed by atoms with Crippen molar-refractivity contribution in [1.82, 2.24) is 5.32 Å². The zero-order valence-corrected chi connectivity index (χ0v) is 12.4. The molecule has 0 fully saturated rings. The second-order valence-electron chi connectivity index (χ2n) is 4.76. The predicted molar refractivity (Wildman–Crippen MR) is 78.0 cm³/mol. The number of benzene rings is 2. The minimum absolute atomic E-state index is 0.0671. The van der Waals surface area contributed by atoms with Crippen LogP contribution in [0.25, 0.3) is 0 Å². The number of rotatable bonds is 4. The fraction of sp³-hybridized carbons (Fsp3) is 0.250. The number of nitrogens with one attached hydrogen (secondary N) is 1. The number of hydrogen-bond acceptors (Lipinski definition) is 1. The maximum atomic E-state index is 14.0. The van der Waals surface area contributed by atoms with Crippen LogP contribution in [0.15, 0.2) is 30.3 Å². The Morgan fingerprint density at radius 1 is 1.10 bits per heavy atom. The van der Waals surface area contributed by atoms with E-state index in [0.717, 1.165) is 17.2 Å². The van der Waals surface area contributed by atoms with Crippen molar-refractivity contribution in [3.8, 4) is 0 Å². The Kier molecular flexibility index (Phi) is 4.91. The predicted octanol–water partition coefficient (Wildman–Crippen LogP) is 4.76. The molecule has 0 heterocycles. The number of hydrogen-bond donors (Lipinski definition) is 1. The highest BCUT2D eigenvalue weighted by molar-refractivity contribution is 6.31. The molecule has 1 N–H and O–H groups in total. The second kappa shape index (κ2) is 6.50. The van der Waals surface area contributed by atoms with E-state index < -0.39 is 23.5 Å². The molecule has 0 radical (unpaired) electrons. The minimum Gasteiger partial charge on any atom is -0.306 e. The first-order chi connectivity index (χ1) is 9.95. The molecular weight excluding hydrogens is 299 g/mol. The number of halogens is 4. The van der Waals surface area contributed by atoms with Gasteiger partial charge in [0.1, 0.15) is 0 Å². The van der Waals surface area contributed by atoms with Crippen molar-refractivity contribution in [2.75, 3.05) is 6.54 Å². The van der Waals surface area contributed by atoms with Gasteiger partial charge < -0.3 is 5.32 Å². The topological polar surface area (TPSA) is 12.0 Å². The molecule has 0 aliphatic rings. The van der Waals surface area contributed by atoms with Crippen molar-refractivity contribution in [2.45, 2.75) is 19.9 Å². The molecular formula is C16H15ClF3N. The first kappa shape index (κ1) is 15.9. The molecule has 5 heteroatoms. The van der Waals surface area contributed by atoms with Crippen molar-refractivity contribution in [1.29, 1.82) is 0 Å². The van der Waals surface area contributed by atoms with Crippen LogP contribution in [0, 0.1) is 24.4 Å². The van der Waals surface area contributed by atoms with Crippen molar-refractivity contribution in [3.63, 3.8) is 0 Å². The third-order valence-corrected chi connectivity index (χ3v) is 3.72. The van der Waals surface area contributed by atoms with Crippen LogP contribution < -0.4 is 5.32 Å². The Morgan fingerprint density at radius 3 is 2.43 bits per heavy atom. The Bertz CT molecular complexity index is 658. The van der Waals surface area contributed by atoms with Gasteiger partial charge in [0, 0.05) is 10.6 Å². The zero-order valence-electron chi connectivity index (χ0n) is 11.7. The van der Waals surface area contributed by atoms with Crippen LogP contribution >= 0.6 is 11.6 Å². The van der Waals surface area contributed by atoms with Crippen LogP contribution in [-0.4, -0.2) is 6.54 Å². The summed E-state index contributed by atoms with van der Waals surface area (Å²) in [6, 6.07) is 6.86. The summed E-state index contributed by atoms with van der Waals surface area (Å²) in [5.74, 6) is -3.83. The summed E-state index contributed by atoms with van der Waals surface area (Å²) in [6.07, 6.45) is 0. The van der Waals surface area contributed by atoms with E-state index in [1.165, 1.54) is 6.07 Å². The molecule has 112 valence electrons. The first-order valence-electron chi connectivity index (χ1n) is 6.58. The van der Waals surface area contributed by atoms with E-state index in [0.29, 0.717) is 11.6 Å². The summed E-state index contributed by atoms with van der Waals surface area (Å²) in [5.41, 5.74) is 1.64. The monoisotopic (exact) mass is 313 g/mol. The maximum Gasteiger partial charge on any atom is 0.194 e. The minimum atomic E-state index is -1.46. The summed E-state index contributed by atoms with van der Waals surface area (Å²) in [7, 11) is 0. The molecule has 21 heavy (non-hydrogen) atoms. The Hall–Kier alpha value is -1.52. The largest absolute Gasteiger partial charge is 0.306 e. The smallest absolute Gasteiger partial charge is 0.194 e. The van der Waals surface area contributed by atoms with Gasteiger partial charge in [-0.2, -0.15) is 0 Å². The molecule has 2 aromatic carbocycles. The maximum absolute atomic E-state index is 14.0. The summed E-state index contributed by atoms with van der Waals surface area (Å²) < 4.78 is 40.5. The highest BCUT2D eigenvalue weighted by Crippen LogP contribution is 2.29. The van der Waals surface area contributed by atoms with Gasteiger partial charge in [0.2, 0.25) is 0 Å². The third-order valence-electron chi connectivity index (χ3n) is 3.30. The molecule has 1 nitrogen and oxygen atoms in total. The van der Waals surface area contributed by atoms with E-state index in [2.05, 4.69) is 5.32 Å². The summed E-state index contributed by atoms with van der Waals surface area (Å²) >= 11 is 5.98. The third kappa shape index (κ3) is 3.22. The van der Waals surface area contributed by atoms with E-state index in [4.69, 9.17) is 11.6 Å². The van der Waals surface area contributed by atoms with E-state index in [-0.39, 0.29) is 5.56 Å². The quantitative estimate of drug-likeness (QED) is 0.802. The van der Waals surface area contributed by atoms with Gasteiger partial charge >= 0.3 is 0 Å². The van der Waals surface area contributed by atoms with Gasteiger partial charge in [0.25, 0.3) is 0 Å². The van der Waals surface area contributed by atoms with E-state index >= 15 is 0 Å². The molecule has 0 aliphatic carbocycles. The average molecular weight is 314 g/mol. The number of aryl methyl sites for hydroxylation is 1. The Balaban J connectivity index is 2.53. The van der Waals surface area contributed by atoms with Gasteiger partial charge in [-0.1, -0.05) is 36.7 Å². The first-order valence-corrected chi connectivity index (χ1v) is 6.96. The van der Waals surface area contributed by atoms with Crippen LogP contribution in [0.5, 0.6) is 0 Å². The van der Waals surface area contributed by atoms with Crippen LogP contribution in [-0.2, 0) is 0 Å². The molecule has 1 atom stereocenters. The highest BCUT2D eigenvalue weighted by Gasteiger charge is 2.22. The van der Waals surface area contributed by atoms with E-state index in [1.807, 2.05) is 13.8 Å². The summed E-state index contributed by atoms with van der Waals surface area (Å²) in [5, 5.41) is 3.67. The molecule has 2 rings (SSSR count). The molecule has 0 bridgehead atoms. The summed E-state index contributed by atoms with van der Waals surface area (Å²) in [4.78, 5) is 0. The Labute approximate surface area is 126 Å². The van der Waals surface area contributed by atoms with E-state index in [1.54, 1.807) is 18.2 Å². The molecule has 2 aromatic rings. The average Bonchev–Trinajstić information content (AvgIpc) is 2.46. The van der Waals surface area contributed by atoms with Crippen LogP contribution in [0.3, 0.4) is 0 Å². The van der Waals surface area contributed by atoms with Gasteiger partial charge in [0.15, 0.2) is 17.5 Å². The Morgan fingerprint density at radius 2 is 1.81 bits per heavy atom.